The SMILES string of the molecule is CC1OC1N(C)C(C)c1ccccc1C(F)(F)F. The number of benzene rings is 1. The van der Waals surface area contributed by atoms with Gasteiger partial charge in [-0.2, -0.15) is 13.2 Å². The zero-order valence-corrected chi connectivity index (χ0v) is 10.5. The summed E-state index contributed by atoms with van der Waals surface area (Å²) in [5.41, 5.74) is -0.284. The van der Waals surface area contributed by atoms with Crippen LogP contribution in [0, 0.1) is 0 Å². The van der Waals surface area contributed by atoms with Crippen molar-refractivity contribution >= 4 is 0 Å². The largest absolute Gasteiger partial charge is 0.416 e. The quantitative estimate of drug-likeness (QED) is 0.773. The van der Waals surface area contributed by atoms with Gasteiger partial charge in [0.1, 0.15) is 6.23 Å². The first-order valence-corrected chi connectivity index (χ1v) is 5.86. The van der Waals surface area contributed by atoms with Gasteiger partial charge in [-0.05, 0) is 32.5 Å². The van der Waals surface area contributed by atoms with Crippen LogP contribution in [0.5, 0.6) is 0 Å². The van der Waals surface area contributed by atoms with E-state index in [1.807, 2.05) is 11.8 Å². The molecule has 0 bridgehead atoms. The fourth-order valence-corrected chi connectivity index (χ4v) is 2.16. The summed E-state index contributed by atoms with van der Waals surface area (Å²) >= 11 is 0. The maximum absolute atomic E-state index is 12.9. The van der Waals surface area contributed by atoms with Crippen molar-refractivity contribution in [2.75, 3.05) is 7.05 Å². The number of nitrogens with zero attached hydrogens (tertiary/aromatic N) is 1. The van der Waals surface area contributed by atoms with Gasteiger partial charge in [-0.15, -0.1) is 0 Å². The first kappa shape index (κ1) is 13.4. The number of likely N-dealkylation sites (N-methyl/N-ethyl adjacent to an activating group) is 1. The van der Waals surface area contributed by atoms with Crippen LogP contribution in [0.2, 0.25) is 0 Å². The Morgan fingerprint density at radius 2 is 1.83 bits per heavy atom. The Kier molecular flexibility index (Phi) is 3.38. The van der Waals surface area contributed by atoms with Gasteiger partial charge < -0.3 is 4.74 Å². The van der Waals surface area contributed by atoms with Crippen molar-refractivity contribution in [2.45, 2.75) is 38.4 Å². The number of rotatable bonds is 3. The molecule has 1 heterocycles. The van der Waals surface area contributed by atoms with Crippen molar-refractivity contribution in [3.05, 3.63) is 35.4 Å². The molecule has 0 radical (unpaired) electrons. The Balaban J connectivity index is 2.27. The third-order valence-corrected chi connectivity index (χ3v) is 3.41. The maximum Gasteiger partial charge on any atom is 0.416 e. The average Bonchev–Trinajstić information content (AvgIpc) is 3.03. The standard InChI is InChI=1S/C13H16F3NO/c1-8(17(3)12-9(2)18-12)10-6-4-5-7-11(10)13(14,15)16/h4-9,12H,1-3H3. The molecule has 0 aliphatic carbocycles. The van der Waals surface area contributed by atoms with Gasteiger partial charge in [0.25, 0.3) is 0 Å². The number of alkyl halides is 3. The fraction of sp³-hybridized carbons (Fsp3) is 0.538. The molecule has 0 N–H and O–H groups in total. The van der Waals surface area contributed by atoms with Crippen molar-refractivity contribution in [3.63, 3.8) is 0 Å². The molecule has 1 fully saturated rings. The number of hydrogen-bond donors (Lipinski definition) is 0. The zero-order chi connectivity index (χ0) is 13.5. The first-order valence-electron chi connectivity index (χ1n) is 5.86. The molecule has 18 heavy (non-hydrogen) atoms. The van der Waals surface area contributed by atoms with E-state index in [9.17, 15) is 13.2 Å². The molecule has 0 spiro atoms. The van der Waals surface area contributed by atoms with Crippen molar-refractivity contribution in [3.8, 4) is 0 Å². The highest BCUT2D eigenvalue weighted by Gasteiger charge is 2.42. The van der Waals surface area contributed by atoms with Gasteiger partial charge in [-0.1, -0.05) is 18.2 Å². The first-order chi connectivity index (χ1) is 8.32. The van der Waals surface area contributed by atoms with E-state index in [2.05, 4.69) is 0 Å². The number of epoxide rings is 1. The van der Waals surface area contributed by atoms with Gasteiger partial charge in [0.05, 0.1) is 11.7 Å². The highest BCUT2D eigenvalue weighted by atomic mass is 19.4. The molecule has 1 aliphatic rings. The molecule has 1 aromatic rings. The summed E-state index contributed by atoms with van der Waals surface area (Å²) in [4.78, 5) is 1.83. The Morgan fingerprint density at radius 1 is 1.28 bits per heavy atom. The number of halogens is 3. The summed E-state index contributed by atoms with van der Waals surface area (Å²) in [6.07, 6.45) is -4.31. The molecular formula is C13H16F3NO. The predicted octanol–water partition coefficient (Wildman–Crippen LogP) is 3.44. The highest BCUT2D eigenvalue weighted by Crippen LogP contribution is 2.38. The maximum atomic E-state index is 12.9. The molecule has 1 aliphatic heterocycles. The Labute approximate surface area is 104 Å². The van der Waals surface area contributed by atoms with Crippen molar-refractivity contribution in [1.29, 1.82) is 0 Å². The number of ether oxygens (including phenoxy) is 1. The molecular weight excluding hydrogens is 243 g/mol. The summed E-state index contributed by atoms with van der Waals surface area (Å²) in [7, 11) is 1.78. The molecule has 2 nitrogen and oxygen atoms in total. The third kappa shape index (κ3) is 2.52. The van der Waals surface area contributed by atoms with Crippen LogP contribution < -0.4 is 0 Å². The minimum atomic E-state index is -4.32. The molecule has 2 rings (SSSR count). The summed E-state index contributed by atoms with van der Waals surface area (Å²) in [5, 5.41) is 0. The zero-order valence-electron chi connectivity index (χ0n) is 10.5. The summed E-state index contributed by atoms with van der Waals surface area (Å²) in [6, 6.07) is 5.35. The van der Waals surface area contributed by atoms with Crippen LogP contribution in [0.25, 0.3) is 0 Å². The monoisotopic (exact) mass is 259 g/mol. The topological polar surface area (TPSA) is 15.8 Å². The Morgan fingerprint density at radius 3 is 2.33 bits per heavy atom. The van der Waals surface area contributed by atoms with E-state index in [-0.39, 0.29) is 23.9 Å². The van der Waals surface area contributed by atoms with E-state index in [1.54, 1.807) is 20.0 Å². The van der Waals surface area contributed by atoms with Gasteiger partial charge in [0, 0.05) is 6.04 Å². The lowest BCUT2D eigenvalue weighted by molar-refractivity contribution is -0.138. The molecule has 0 saturated carbocycles. The molecule has 3 unspecified atom stereocenters. The van der Waals surface area contributed by atoms with Gasteiger partial charge in [-0.25, -0.2) is 0 Å². The summed E-state index contributed by atoms with van der Waals surface area (Å²) < 4.78 is 44.0. The second-order valence-electron chi connectivity index (χ2n) is 4.66. The van der Waals surface area contributed by atoms with E-state index in [4.69, 9.17) is 4.74 Å². The second-order valence-corrected chi connectivity index (χ2v) is 4.66. The van der Waals surface area contributed by atoms with Crippen LogP contribution in [0.1, 0.15) is 31.0 Å². The van der Waals surface area contributed by atoms with E-state index in [1.165, 1.54) is 12.1 Å². The predicted molar refractivity (Wildman–Crippen MR) is 62.0 cm³/mol. The van der Waals surface area contributed by atoms with Gasteiger partial charge in [-0.3, -0.25) is 4.90 Å². The van der Waals surface area contributed by atoms with Crippen LogP contribution in [0.4, 0.5) is 13.2 Å². The third-order valence-electron chi connectivity index (χ3n) is 3.41. The molecule has 3 atom stereocenters. The summed E-state index contributed by atoms with van der Waals surface area (Å²) in [6.45, 7) is 3.67. The smallest absolute Gasteiger partial charge is 0.353 e. The van der Waals surface area contributed by atoms with Crippen molar-refractivity contribution in [2.24, 2.45) is 0 Å². The highest BCUT2D eigenvalue weighted by molar-refractivity contribution is 5.32. The van der Waals surface area contributed by atoms with Crippen LogP contribution in [0.15, 0.2) is 24.3 Å². The lowest BCUT2D eigenvalue weighted by Crippen LogP contribution is -2.28. The summed E-state index contributed by atoms with van der Waals surface area (Å²) in [5.74, 6) is 0. The van der Waals surface area contributed by atoms with Crippen LogP contribution in [-0.4, -0.2) is 24.3 Å². The van der Waals surface area contributed by atoms with Crippen LogP contribution in [0.3, 0.4) is 0 Å². The Hall–Kier alpha value is -1.07. The molecule has 100 valence electrons. The van der Waals surface area contributed by atoms with E-state index < -0.39 is 11.7 Å². The normalized spacial score (nSPS) is 25.3. The van der Waals surface area contributed by atoms with Gasteiger partial charge in [0.15, 0.2) is 0 Å². The minimum Gasteiger partial charge on any atom is -0.353 e. The van der Waals surface area contributed by atoms with Crippen molar-refractivity contribution in [1.82, 2.24) is 4.90 Å². The van der Waals surface area contributed by atoms with Gasteiger partial charge >= 0.3 is 6.18 Å². The molecule has 5 heteroatoms. The molecule has 0 amide bonds. The van der Waals surface area contributed by atoms with E-state index in [0.29, 0.717) is 0 Å². The lowest BCUT2D eigenvalue weighted by atomic mass is 10.00. The van der Waals surface area contributed by atoms with E-state index >= 15 is 0 Å². The molecule has 1 saturated heterocycles. The van der Waals surface area contributed by atoms with Crippen LogP contribution >= 0.6 is 0 Å². The second kappa shape index (κ2) is 4.55. The van der Waals surface area contributed by atoms with Gasteiger partial charge in [0.2, 0.25) is 0 Å². The molecule has 1 aromatic carbocycles. The fourth-order valence-electron chi connectivity index (χ4n) is 2.16. The Bertz CT molecular complexity index is 432. The van der Waals surface area contributed by atoms with Crippen molar-refractivity contribution < 1.29 is 17.9 Å². The van der Waals surface area contributed by atoms with E-state index in [0.717, 1.165) is 6.07 Å². The lowest BCUT2D eigenvalue weighted by Gasteiger charge is -2.26. The van der Waals surface area contributed by atoms with Crippen LogP contribution in [-0.2, 0) is 10.9 Å². The number of hydrogen-bond acceptors (Lipinski definition) is 2. The minimum absolute atomic E-state index is 0.0821. The molecule has 0 aromatic heterocycles. The average molecular weight is 259 g/mol.